The molecule has 2 atom stereocenters. The fourth-order valence-electron chi connectivity index (χ4n) is 4.18. The SMILES string of the molecule is Cc1ccc2c(c1)[C@@H](c1ccccc1)[C@H](N1CCCCC1)C(=O)N2. The predicted octanol–water partition coefficient (Wildman–Crippen LogP) is 3.93. The molecule has 0 bridgehead atoms. The molecule has 2 heterocycles. The number of fused-ring (bicyclic) bond motifs is 1. The fourth-order valence-corrected chi connectivity index (χ4v) is 4.18. The van der Waals surface area contributed by atoms with Gasteiger partial charge in [0.05, 0.1) is 0 Å². The minimum Gasteiger partial charge on any atom is -0.324 e. The number of hydrogen-bond donors (Lipinski definition) is 1. The fraction of sp³-hybridized carbons (Fsp3) is 0.381. The second-order valence-electron chi connectivity index (χ2n) is 7.01. The molecule has 0 aromatic heterocycles. The van der Waals surface area contributed by atoms with Gasteiger partial charge < -0.3 is 5.32 Å². The van der Waals surface area contributed by atoms with Gasteiger partial charge in [-0.2, -0.15) is 0 Å². The second-order valence-corrected chi connectivity index (χ2v) is 7.01. The molecule has 0 unspecified atom stereocenters. The van der Waals surface area contributed by atoms with Crippen LogP contribution in [0, 0.1) is 6.92 Å². The predicted molar refractivity (Wildman–Crippen MR) is 97.3 cm³/mol. The molecule has 0 radical (unpaired) electrons. The Morgan fingerprint density at radius 1 is 1.00 bits per heavy atom. The summed E-state index contributed by atoms with van der Waals surface area (Å²) in [4.78, 5) is 15.4. The van der Waals surface area contributed by atoms with E-state index >= 15 is 0 Å². The lowest BCUT2D eigenvalue weighted by atomic mass is 9.79. The van der Waals surface area contributed by atoms with Crippen molar-refractivity contribution in [2.45, 2.75) is 38.1 Å². The number of likely N-dealkylation sites (tertiary alicyclic amines) is 1. The van der Waals surface area contributed by atoms with Crippen LogP contribution in [0.2, 0.25) is 0 Å². The maximum atomic E-state index is 13.0. The summed E-state index contributed by atoms with van der Waals surface area (Å²) in [5.41, 5.74) is 4.68. The maximum Gasteiger partial charge on any atom is 0.242 e. The first-order valence-corrected chi connectivity index (χ1v) is 8.94. The number of rotatable bonds is 2. The van der Waals surface area contributed by atoms with Gasteiger partial charge in [0.1, 0.15) is 6.04 Å². The van der Waals surface area contributed by atoms with Gasteiger partial charge in [-0.25, -0.2) is 0 Å². The van der Waals surface area contributed by atoms with Crippen molar-refractivity contribution in [3.05, 3.63) is 65.2 Å². The van der Waals surface area contributed by atoms with Gasteiger partial charge in [-0.15, -0.1) is 0 Å². The van der Waals surface area contributed by atoms with Gasteiger partial charge in [0, 0.05) is 11.6 Å². The highest BCUT2D eigenvalue weighted by molar-refractivity contribution is 5.99. The van der Waals surface area contributed by atoms with Gasteiger partial charge in [0.2, 0.25) is 5.91 Å². The third-order valence-electron chi connectivity index (χ3n) is 5.33. The quantitative estimate of drug-likeness (QED) is 0.909. The molecular formula is C21H24N2O. The summed E-state index contributed by atoms with van der Waals surface area (Å²) >= 11 is 0. The Labute approximate surface area is 143 Å². The van der Waals surface area contributed by atoms with Gasteiger partial charge in [0.15, 0.2) is 0 Å². The van der Waals surface area contributed by atoms with Crippen molar-refractivity contribution in [2.24, 2.45) is 0 Å². The monoisotopic (exact) mass is 320 g/mol. The zero-order chi connectivity index (χ0) is 16.5. The molecule has 3 nitrogen and oxygen atoms in total. The Kier molecular flexibility index (Phi) is 4.11. The first-order chi connectivity index (χ1) is 11.7. The smallest absolute Gasteiger partial charge is 0.242 e. The van der Waals surface area contributed by atoms with Crippen molar-refractivity contribution >= 4 is 11.6 Å². The lowest BCUT2D eigenvalue weighted by Gasteiger charge is -2.42. The molecule has 2 aromatic rings. The molecule has 124 valence electrons. The lowest BCUT2D eigenvalue weighted by Crippen LogP contribution is -2.52. The number of anilines is 1. The van der Waals surface area contributed by atoms with Crippen molar-refractivity contribution in [3.63, 3.8) is 0 Å². The zero-order valence-electron chi connectivity index (χ0n) is 14.2. The van der Waals surface area contributed by atoms with Crippen LogP contribution in [0.3, 0.4) is 0 Å². The van der Waals surface area contributed by atoms with Crippen molar-refractivity contribution < 1.29 is 4.79 Å². The molecule has 2 aliphatic rings. The summed E-state index contributed by atoms with van der Waals surface area (Å²) in [6.07, 6.45) is 3.65. The minimum atomic E-state index is -0.109. The van der Waals surface area contributed by atoms with E-state index in [1.165, 1.54) is 36.0 Å². The highest BCUT2D eigenvalue weighted by Gasteiger charge is 2.40. The van der Waals surface area contributed by atoms with E-state index < -0.39 is 0 Å². The van der Waals surface area contributed by atoms with Crippen molar-refractivity contribution in [1.82, 2.24) is 4.90 Å². The normalized spacial score (nSPS) is 24.3. The molecule has 0 spiro atoms. The standard InChI is InChI=1S/C21H24N2O/c1-15-10-11-18-17(14-15)19(16-8-4-2-5-9-16)20(21(24)22-18)23-12-6-3-7-13-23/h2,4-5,8-11,14,19-20H,3,6-7,12-13H2,1H3,(H,22,24)/t19-,20+/m1/s1. The highest BCUT2D eigenvalue weighted by atomic mass is 16.2. The average molecular weight is 320 g/mol. The van der Waals surface area contributed by atoms with Gasteiger partial charge in [-0.05, 0) is 50.0 Å². The van der Waals surface area contributed by atoms with Crippen LogP contribution in [0.1, 0.15) is 41.9 Å². The van der Waals surface area contributed by atoms with Gasteiger partial charge in [-0.3, -0.25) is 9.69 Å². The van der Waals surface area contributed by atoms with Gasteiger partial charge >= 0.3 is 0 Å². The number of carbonyl (C=O) groups excluding carboxylic acids is 1. The summed E-state index contributed by atoms with van der Waals surface area (Å²) < 4.78 is 0. The Morgan fingerprint density at radius 2 is 1.75 bits per heavy atom. The average Bonchev–Trinajstić information content (AvgIpc) is 2.62. The molecule has 1 fully saturated rings. The number of piperidine rings is 1. The summed E-state index contributed by atoms with van der Waals surface area (Å²) in [5.74, 6) is 0.245. The molecule has 1 saturated heterocycles. The molecule has 0 aliphatic carbocycles. The number of aryl methyl sites for hydroxylation is 1. The molecule has 1 N–H and O–H groups in total. The third-order valence-corrected chi connectivity index (χ3v) is 5.33. The van der Waals surface area contributed by atoms with Crippen LogP contribution < -0.4 is 5.32 Å². The van der Waals surface area contributed by atoms with E-state index in [4.69, 9.17) is 0 Å². The topological polar surface area (TPSA) is 32.3 Å². The van der Waals surface area contributed by atoms with Crippen LogP contribution in [-0.2, 0) is 4.79 Å². The number of benzene rings is 2. The number of hydrogen-bond acceptors (Lipinski definition) is 2. The highest BCUT2D eigenvalue weighted by Crippen LogP contribution is 2.40. The lowest BCUT2D eigenvalue weighted by molar-refractivity contribution is -0.122. The summed E-state index contributed by atoms with van der Waals surface area (Å²) in [7, 11) is 0. The summed E-state index contributed by atoms with van der Waals surface area (Å²) in [6, 6.07) is 16.8. The van der Waals surface area contributed by atoms with Gasteiger partial charge in [0.25, 0.3) is 0 Å². The van der Waals surface area contributed by atoms with Crippen LogP contribution in [0.25, 0.3) is 0 Å². The molecule has 1 amide bonds. The van der Waals surface area contributed by atoms with E-state index in [-0.39, 0.29) is 17.9 Å². The second kappa shape index (κ2) is 6.40. The number of carbonyl (C=O) groups is 1. The van der Waals surface area contributed by atoms with Gasteiger partial charge in [-0.1, -0.05) is 54.4 Å². The Balaban J connectivity index is 1.83. The Bertz CT molecular complexity index is 735. The van der Waals surface area contributed by atoms with E-state index in [1.54, 1.807) is 0 Å². The van der Waals surface area contributed by atoms with Crippen LogP contribution in [0.4, 0.5) is 5.69 Å². The molecule has 4 rings (SSSR count). The molecule has 24 heavy (non-hydrogen) atoms. The maximum absolute atomic E-state index is 13.0. The first-order valence-electron chi connectivity index (χ1n) is 8.94. The molecular weight excluding hydrogens is 296 g/mol. The van der Waals surface area contributed by atoms with Crippen LogP contribution in [0.5, 0.6) is 0 Å². The number of nitrogens with one attached hydrogen (secondary N) is 1. The first kappa shape index (κ1) is 15.4. The third kappa shape index (κ3) is 2.73. The Hall–Kier alpha value is -2.13. The van der Waals surface area contributed by atoms with Crippen LogP contribution in [-0.4, -0.2) is 29.9 Å². The van der Waals surface area contributed by atoms with E-state index in [0.717, 1.165) is 18.8 Å². The van der Waals surface area contributed by atoms with E-state index in [9.17, 15) is 4.79 Å². The number of amides is 1. The van der Waals surface area contributed by atoms with Crippen LogP contribution >= 0.6 is 0 Å². The van der Waals surface area contributed by atoms with Crippen molar-refractivity contribution in [2.75, 3.05) is 18.4 Å². The zero-order valence-corrected chi connectivity index (χ0v) is 14.2. The molecule has 2 aliphatic heterocycles. The van der Waals surface area contributed by atoms with Crippen molar-refractivity contribution in [3.8, 4) is 0 Å². The van der Waals surface area contributed by atoms with Crippen LogP contribution in [0.15, 0.2) is 48.5 Å². The molecule has 0 saturated carbocycles. The molecule has 2 aromatic carbocycles. The van der Waals surface area contributed by atoms with Crippen molar-refractivity contribution in [1.29, 1.82) is 0 Å². The summed E-state index contributed by atoms with van der Waals surface area (Å²) in [5, 5.41) is 3.15. The van der Waals surface area contributed by atoms with E-state index in [1.807, 2.05) is 12.1 Å². The summed E-state index contributed by atoms with van der Waals surface area (Å²) in [6.45, 7) is 4.15. The van der Waals surface area contributed by atoms with E-state index in [2.05, 4.69) is 53.5 Å². The Morgan fingerprint density at radius 3 is 2.50 bits per heavy atom. The number of nitrogens with zero attached hydrogens (tertiary/aromatic N) is 1. The molecule has 3 heteroatoms. The largest absolute Gasteiger partial charge is 0.324 e. The van der Waals surface area contributed by atoms with E-state index in [0.29, 0.717) is 0 Å². The minimum absolute atomic E-state index is 0.105.